The molecule has 1 aromatic carbocycles. The molecule has 0 aromatic heterocycles. The van der Waals surface area contributed by atoms with Gasteiger partial charge in [-0.05, 0) is 48.9 Å². The van der Waals surface area contributed by atoms with E-state index in [4.69, 9.17) is 0 Å². The summed E-state index contributed by atoms with van der Waals surface area (Å²) in [5, 5.41) is 3.36. The monoisotopic (exact) mass is 223 g/mol. The van der Waals surface area contributed by atoms with Crippen molar-refractivity contribution in [1.29, 1.82) is 0 Å². The maximum atomic E-state index is 3.36. The molecule has 0 amide bonds. The van der Waals surface area contributed by atoms with E-state index in [-0.39, 0.29) is 0 Å². The molecule has 0 saturated heterocycles. The molecule has 84 valence electrons. The van der Waals surface area contributed by atoms with Crippen LogP contribution in [0.25, 0.3) is 0 Å². The third kappa shape index (κ3) is 4.27. The summed E-state index contributed by atoms with van der Waals surface area (Å²) >= 11 is 1.95. The van der Waals surface area contributed by atoms with Crippen molar-refractivity contribution in [2.75, 3.05) is 12.3 Å². The molecule has 1 aromatic rings. The topological polar surface area (TPSA) is 12.0 Å². The molecule has 0 heterocycles. The molecule has 0 saturated carbocycles. The summed E-state index contributed by atoms with van der Waals surface area (Å²) in [5.41, 5.74) is 2.81. The molecule has 2 heteroatoms. The van der Waals surface area contributed by atoms with Crippen molar-refractivity contribution >= 4 is 11.8 Å². The molecule has 0 aliphatic heterocycles. The Labute approximate surface area is 97.7 Å². The van der Waals surface area contributed by atoms with E-state index >= 15 is 0 Å². The Hall–Kier alpha value is -0.470. The summed E-state index contributed by atoms with van der Waals surface area (Å²) in [6, 6.07) is 6.78. The van der Waals surface area contributed by atoms with Crippen LogP contribution in [0.1, 0.15) is 31.4 Å². The van der Waals surface area contributed by atoms with Crippen molar-refractivity contribution in [1.82, 2.24) is 5.32 Å². The van der Waals surface area contributed by atoms with Crippen molar-refractivity contribution < 1.29 is 0 Å². The van der Waals surface area contributed by atoms with E-state index in [1.54, 1.807) is 0 Å². The van der Waals surface area contributed by atoms with E-state index in [1.165, 1.54) is 28.2 Å². The first-order valence-corrected chi connectivity index (χ1v) is 6.69. The zero-order valence-electron chi connectivity index (χ0n) is 9.97. The van der Waals surface area contributed by atoms with Gasteiger partial charge in [0.1, 0.15) is 0 Å². The Morgan fingerprint density at radius 1 is 1.27 bits per heavy atom. The van der Waals surface area contributed by atoms with Crippen LogP contribution in [-0.2, 0) is 6.54 Å². The van der Waals surface area contributed by atoms with Crippen molar-refractivity contribution in [2.45, 2.75) is 38.6 Å². The number of benzene rings is 1. The smallest absolute Gasteiger partial charge is 0.0208 e. The maximum absolute atomic E-state index is 3.36. The fraction of sp³-hybridized carbons (Fsp3) is 0.538. The van der Waals surface area contributed by atoms with Crippen LogP contribution in [0.5, 0.6) is 0 Å². The standard InChI is InChI=1S/C13H21NS/c1-4-8-15-13-7-6-12(10-14-5-2)11(3)9-13/h6-7,9,14H,4-5,8,10H2,1-3H3. The van der Waals surface area contributed by atoms with Crippen LogP contribution < -0.4 is 5.32 Å². The van der Waals surface area contributed by atoms with E-state index in [0.29, 0.717) is 0 Å². The third-order valence-electron chi connectivity index (χ3n) is 2.35. The molecular formula is C13H21NS. The van der Waals surface area contributed by atoms with Crippen molar-refractivity contribution in [2.24, 2.45) is 0 Å². The minimum atomic E-state index is 0.987. The molecule has 0 radical (unpaired) electrons. The number of aryl methyl sites for hydroxylation is 1. The highest BCUT2D eigenvalue weighted by molar-refractivity contribution is 7.99. The highest BCUT2D eigenvalue weighted by Crippen LogP contribution is 2.21. The highest BCUT2D eigenvalue weighted by atomic mass is 32.2. The Balaban J connectivity index is 2.61. The second-order valence-electron chi connectivity index (χ2n) is 3.72. The summed E-state index contributed by atoms with van der Waals surface area (Å²) in [6.07, 6.45) is 1.24. The van der Waals surface area contributed by atoms with Crippen LogP contribution in [0.15, 0.2) is 23.1 Å². The Morgan fingerprint density at radius 2 is 2.07 bits per heavy atom. The van der Waals surface area contributed by atoms with Gasteiger partial charge in [-0.25, -0.2) is 0 Å². The number of hydrogen-bond donors (Lipinski definition) is 1. The molecule has 0 atom stereocenters. The lowest BCUT2D eigenvalue weighted by molar-refractivity contribution is 0.723. The molecule has 1 N–H and O–H groups in total. The molecule has 1 nitrogen and oxygen atoms in total. The summed E-state index contributed by atoms with van der Waals surface area (Å²) in [4.78, 5) is 1.40. The zero-order chi connectivity index (χ0) is 11.1. The Bertz CT molecular complexity index is 297. The van der Waals surface area contributed by atoms with Crippen LogP contribution in [-0.4, -0.2) is 12.3 Å². The fourth-order valence-electron chi connectivity index (χ4n) is 1.44. The van der Waals surface area contributed by atoms with Crippen LogP contribution in [0.3, 0.4) is 0 Å². The summed E-state index contributed by atoms with van der Waals surface area (Å²) < 4.78 is 0. The zero-order valence-corrected chi connectivity index (χ0v) is 10.8. The number of rotatable bonds is 6. The first kappa shape index (κ1) is 12.6. The van der Waals surface area contributed by atoms with Gasteiger partial charge >= 0.3 is 0 Å². The quantitative estimate of drug-likeness (QED) is 0.739. The van der Waals surface area contributed by atoms with Gasteiger partial charge in [0.15, 0.2) is 0 Å². The van der Waals surface area contributed by atoms with Crippen LogP contribution >= 0.6 is 11.8 Å². The van der Waals surface area contributed by atoms with Gasteiger partial charge in [0.05, 0.1) is 0 Å². The molecule has 0 aliphatic carbocycles. The first-order valence-electron chi connectivity index (χ1n) is 5.71. The van der Waals surface area contributed by atoms with Gasteiger partial charge in [-0.2, -0.15) is 0 Å². The minimum absolute atomic E-state index is 0.987. The van der Waals surface area contributed by atoms with E-state index in [0.717, 1.165) is 13.1 Å². The molecule has 1 rings (SSSR count). The van der Waals surface area contributed by atoms with Gasteiger partial charge in [0.2, 0.25) is 0 Å². The van der Waals surface area contributed by atoms with Gasteiger partial charge < -0.3 is 5.32 Å². The molecular weight excluding hydrogens is 202 g/mol. The van der Waals surface area contributed by atoms with Gasteiger partial charge in [0.25, 0.3) is 0 Å². The lowest BCUT2D eigenvalue weighted by Gasteiger charge is -2.08. The summed E-state index contributed by atoms with van der Waals surface area (Å²) in [5.74, 6) is 1.21. The predicted octanol–water partition coefficient (Wildman–Crippen LogP) is 3.61. The number of thioether (sulfide) groups is 1. The molecule has 0 aliphatic rings. The number of nitrogens with one attached hydrogen (secondary N) is 1. The second-order valence-corrected chi connectivity index (χ2v) is 4.89. The molecule has 0 unspecified atom stereocenters. The SMILES string of the molecule is CCCSc1ccc(CNCC)c(C)c1. The maximum Gasteiger partial charge on any atom is 0.0208 e. The van der Waals surface area contributed by atoms with E-state index < -0.39 is 0 Å². The average molecular weight is 223 g/mol. The van der Waals surface area contributed by atoms with E-state index in [1.807, 2.05) is 11.8 Å². The van der Waals surface area contributed by atoms with Crippen molar-refractivity contribution in [3.8, 4) is 0 Å². The molecule has 0 bridgehead atoms. The Morgan fingerprint density at radius 3 is 2.67 bits per heavy atom. The van der Waals surface area contributed by atoms with Gasteiger partial charge in [-0.1, -0.05) is 19.9 Å². The lowest BCUT2D eigenvalue weighted by Crippen LogP contribution is -2.12. The second kappa shape index (κ2) is 6.91. The summed E-state index contributed by atoms with van der Waals surface area (Å²) in [6.45, 7) is 8.58. The third-order valence-corrected chi connectivity index (χ3v) is 3.55. The van der Waals surface area contributed by atoms with E-state index in [9.17, 15) is 0 Å². The van der Waals surface area contributed by atoms with Gasteiger partial charge in [0, 0.05) is 11.4 Å². The number of hydrogen-bond acceptors (Lipinski definition) is 2. The van der Waals surface area contributed by atoms with Gasteiger partial charge in [-0.15, -0.1) is 11.8 Å². The first-order chi connectivity index (χ1) is 7.27. The largest absolute Gasteiger partial charge is 0.313 e. The fourth-order valence-corrected chi connectivity index (χ4v) is 2.30. The average Bonchev–Trinajstić information content (AvgIpc) is 2.25. The van der Waals surface area contributed by atoms with Crippen LogP contribution in [0.2, 0.25) is 0 Å². The molecule has 0 spiro atoms. The van der Waals surface area contributed by atoms with Gasteiger partial charge in [-0.3, -0.25) is 0 Å². The predicted molar refractivity (Wildman–Crippen MR) is 69.6 cm³/mol. The molecule has 0 fully saturated rings. The lowest BCUT2D eigenvalue weighted by atomic mass is 10.1. The van der Waals surface area contributed by atoms with Crippen LogP contribution in [0, 0.1) is 6.92 Å². The van der Waals surface area contributed by atoms with Crippen molar-refractivity contribution in [3.05, 3.63) is 29.3 Å². The Kier molecular flexibility index (Phi) is 5.81. The molecule has 15 heavy (non-hydrogen) atoms. The van der Waals surface area contributed by atoms with Crippen molar-refractivity contribution in [3.63, 3.8) is 0 Å². The highest BCUT2D eigenvalue weighted by Gasteiger charge is 1.99. The van der Waals surface area contributed by atoms with E-state index in [2.05, 4.69) is 44.3 Å². The summed E-state index contributed by atoms with van der Waals surface area (Å²) in [7, 11) is 0. The minimum Gasteiger partial charge on any atom is -0.313 e. The van der Waals surface area contributed by atoms with Crippen LogP contribution in [0.4, 0.5) is 0 Å². The normalized spacial score (nSPS) is 10.6.